The van der Waals surface area contributed by atoms with Crippen molar-refractivity contribution >= 4 is 29.9 Å². The summed E-state index contributed by atoms with van der Waals surface area (Å²) in [5.74, 6) is 0.735. The van der Waals surface area contributed by atoms with Crippen molar-refractivity contribution in [2.75, 3.05) is 32.7 Å². The van der Waals surface area contributed by atoms with E-state index in [9.17, 15) is 13.2 Å². The Morgan fingerprint density at radius 1 is 1.19 bits per heavy atom. The molecule has 1 N–H and O–H groups in total. The van der Waals surface area contributed by atoms with Gasteiger partial charge in [-0.15, -0.1) is 24.0 Å². The average Bonchev–Trinajstić information content (AvgIpc) is 3.23. The van der Waals surface area contributed by atoms with Gasteiger partial charge in [0.2, 0.25) is 0 Å². The van der Waals surface area contributed by atoms with Crippen LogP contribution < -0.4 is 5.32 Å². The van der Waals surface area contributed by atoms with Crippen molar-refractivity contribution in [1.82, 2.24) is 29.9 Å². The Morgan fingerprint density at radius 3 is 2.52 bits per heavy atom. The van der Waals surface area contributed by atoms with Crippen LogP contribution in [0.2, 0.25) is 0 Å². The average molecular weight is 551 g/mol. The Hall–Kier alpha value is -1.89. The summed E-state index contributed by atoms with van der Waals surface area (Å²) in [6, 6.07) is 6.69. The molecule has 3 rings (SSSR count). The maximum absolute atomic E-state index is 13.0. The molecule has 0 bridgehead atoms. The normalized spacial score (nSPS) is 16.7. The van der Waals surface area contributed by atoms with Crippen LogP contribution in [-0.4, -0.2) is 75.5 Å². The van der Waals surface area contributed by atoms with E-state index in [4.69, 9.17) is 4.99 Å². The molecule has 11 heteroatoms. The van der Waals surface area contributed by atoms with E-state index in [0.717, 1.165) is 17.1 Å². The van der Waals surface area contributed by atoms with Gasteiger partial charge in [-0.1, -0.05) is 24.3 Å². The summed E-state index contributed by atoms with van der Waals surface area (Å²) in [7, 11) is 0. The summed E-state index contributed by atoms with van der Waals surface area (Å²) in [5.41, 5.74) is 2.17. The van der Waals surface area contributed by atoms with Crippen LogP contribution in [0.1, 0.15) is 25.0 Å². The van der Waals surface area contributed by atoms with Crippen molar-refractivity contribution < 1.29 is 13.2 Å². The molecule has 1 aliphatic rings. The number of rotatable bonds is 6. The number of nitrogens with one attached hydrogen (secondary N) is 1. The molecular formula is C20H29F3IN7. The van der Waals surface area contributed by atoms with Crippen LogP contribution in [0.15, 0.2) is 41.9 Å². The summed E-state index contributed by atoms with van der Waals surface area (Å²) in [6.07, 6.45) is -1.02. The van der Waals surface area contributed by atoms with Gasteiger partial charge in [0, 0.05) is 32.7 Å². The number of aromatic nitrogens is 3. The molecule has 0 saturated carbocycles. The maximum atomic E-state index is 13.0. The zero-order valence-electron chi connectivity index (χ0n) is 17.7. The summed E-state index contributed by atoms with van der Waals surface area (Å²) >= 11 is 0. The van der Waals surface area contributed by atoms with E-state index in [1.54, 1.807) is 11.0 Å². The molecule has 1 fully saturated rings. The van der Waals surface area contributed by atoms with Gasteiger partial charge in [0.1, 0.15) is 18.7 Å². The molecule has 0 aliphatic carbocycles. The van der Waals surface area contributed by atoms with Crippen LogP contribution in [0.5, 0.6) is 0 Å². The Labute approximate surface area is 197 Å². The lowest BCUT2D eigenvalue weighted by Crippen LogP contribution is -2.56. The van der Waals surface area contributed by atoms with Crippen molar-refractivity contribution in [2.24, 2.45) is 4.99 Å². The van der Waals surface area contributed by atoms with E-state index in [1.807, 2.05) is 30.0 Å². The molecule has 1 unspecified atom stereocenters. The van der Waals surface area contributed by atoms with Gasteiger partial charge in [0.25, 0.3) is 0 Å². The molecule has 7 nitrogen and oxygen atoms in total. The summed E-state index contributed by atoms with van der Waals surface area (Å²) in [4.78, 5) is 12.2. The quantitative estimate of drug-likeness (QED) is 0.340. The third-order valence-electron chi connectivity index (χ3n) is 5.18. The Kier molecular flexibility index (Phi) is 9.54. The standard InChI is InChI=1S/C20H28F3N7.HI/c1-3-25-19(29-9-7-28(8-10-29)16(2)20(21,22)23)26-12-17-5-4-6-18(11-17)13-30-15-24-14-27-30;/h4-6,11,14-16H,3,7-10,12-13H2,1-2H3,(H,25,26);1H. The number of hydrogen-bond acceptors (Lipinski definition) is 4. The van der Waals surface area contributed by atoms with Crippen molar-refractivity contribution in [3.8, 4) is 0 Å². The molecule has 1 atom stereocenters. The van der Waals surface area contributed by atoms with Gasteiger partial charge in [-0.25, -0.2) is 14.7 Å². The highest BCUT2D eigenvalue weighted by Gasteiger charge is 2.41. The second-order valence-electron chi connectivity index (χ2n) is 7.32. The highest BCUT2D eigenvalue weighted by molar-refractivity contribution is 14.0. The minimum atomic E-state index is -4.20. The Balaban J connectivity index is 0.00000341. The largest absolute Gasteiger partial charge is 0.403 e. The third kappa shape index (κ3) is 7.34. The molecule has 1 saturated heterocycles. The van der Waals surface area contributed by atoms with E-state index in [0.29, 0.717) is 45.8 Å². The third-order valence-corrected chi connectivity index (χ3v) is 5.18. The number of hydrogen-bond donors (Lipinski definition) is 1. The van der Waals surface area contributed by atoms with Crippen LogP contribution in [-0.2, 0) is 13.1 Å². The maximum Gasteiger partial charge on any atom is 0.403 e. The van der Waals surface area contributed by atoms with Gasteiger partial charge < -0.3 is 10.2 Å². The van der Waals surface area contributed by atoms with Crippen LogP contribution >= 0.6 is 24.0 Å². The van der Waals surface area contributed by atoms with E-state index < -0.39 is 12.2 Å². The summed E-state index contributed by atoms with van der Waals surface area (Å²) < 4.78 is 40.7. The zero-order chi connectivity index (χ0) is 21.6. The molecule has 0 spiro atoms. The fraction of sp³-hybridized carbons (Fsp3) is 0.550. The highest BCUT2D eigenvalue weighted by atomic mass is 127. The van der Waals surface area contributed by atoms with Gasteiger partial charge in [-0.2, -0.15) is 18.3 Å². The number of aliphatic imine (C=N–C) groups is 1. The first kappa shape index (κ1) is 25.4. The zero-order valence-corrected chi connectivity index (χ0v) is 20.0. The second-order valence-corrected chi connectivity index (χ2v) is 7.32. The van der Waals surface area contributed by atoms with Crippen molar-refractivity contribution in [2.45, 2.75) is 39.2 Å². The van der Waals surface area contributed by atoms with Gasteiger partial charge in [-0.3, -0.25) is 4.90 Å². The van der Waals surface area contributed by atoms with Gasteiger partial charge >= 0.3 is 6.18 Å². The topological polar surface area (TPSA) is 61.6 Å². The van der Waals surface area contributed by atoms with Gasteiger partial charge in [0.15, 0.2) is 5.96 Å². The fourth-order valence-corrected chi connectivity index (χ4v) is 3.45. The van der Waals surface area contributed by atoms with E-state index in [-0.39, 0.29) is 24.0 Å². The molecule has 31 heavy (non-hydrogen) atoms. The van der Waals surface area contributed by atoms with Crippen molar-refractivity contribution in [3.05, 3.63) is 48.0 Å². The molecule has 0 radical (unpaired) electrons. The lowest BCUT2D eigenvalue weighted by atomic mass is 10.1. The first-order valence-electron chi connectivity index (χ1n) is 10.1. The Bertz CT molecular complexity index is 818. The molecule has 1 aromatic carbocycles. The molecule has 172 valence electrons. The van der Waals surface area contributed by atoms with Crippen LogP contribution in [0.4, 0.5) is 13.2 Å². The minimum Gasteiger partial charge on any atom is -0.357 e. The summed E-state index contributed by atoms with van der Waals surface area (Å²) in [5, 5.41) is 7.38. The number of halogens is 4. The minimum absolute atomic E-state index is 0. The molecular weight excluding hydrogens is 522 g/mol. The number of alkyl halides is 3. The lowest BCUT2D eigenvalue weighted by molar-refractivity contribution is -0.181. The first-order valence-corrected chi connectivity index (χ1v) is 10.1. The number of nitrogens with zero attached hydrogens (tertiary/aromatic N) is 6. The molecule has 1 aliphatic heterocycles. The van der Waals surface area contributed by atoms with Crippen molar-refractivity contribution in [3.63, 3.8) is 0 Å². The lowest BCUT2D eigenvalue weighted by Gasteiger charge is -2.39. The number of benzene rings is 1. The fourth-order valence-electron chi connectivity index (χ4n) is 3.45. The molecule has 2 aromatic rings. The second kappa shape index (κ2) is 11.7. The molecule has 0 amide bonds. The monoisotopic (exact) mass is 551 g/mol. The Morgan fingerprint density at radius 2 is 1.90 bits per heavy atom. The van der Waals surface area contributed by atoms with Crippen LogP contribution in [0.25, 0.3) is 0 Å². The predicted molar refractivity (Wildman–Crippen MR) is 124 cm³/mol. The highest BCUT2D eigenvalue weighted by Crippen LogP contribution is 2.25. The smallest absolute Gasteiger partial charge is 0.357 e. The van der Waals surface area contributed by atoms with Crippen molar-refractivity contribution in [1.29, 1.82) is 0 Å². The summed E-state index contributed by atoms with van der Waals surface area (Å²) in [6.45, 7) is 6.78. The van der Waals surface area contributed by atoms with Gasteiger partial charge in [0.05, 0.1) is 13.1 Å². The molecule has 1 aromatic heterocycles. The predicted octanol–water partition coefficient (Wildman–Crippen LogP) is 2.98. The number of piperazine rings is 1. The SMILES string of the molecule is CCNC(=NCc1cccc(Cn2cncn2)c1)N1CCN(C(C)C(F)(F)F)CC1.I. The molecule has 2 heterocycles. The van der Waals surface area contributed by atoms with Crippen LogP contribution in [0.3, 0.4) is 0 Å². The van der Waals surface area contributed by atoms with Crippen LogP contribution in [0, 0.1) is 0 Å². The van der Waals surface area contributed by atoms with Gasteiger partial charge in [-0.05, 0) is 25.0 Å². The van der Waals surface area contributed by atoms with E-state index >= 15 is 0 Å². The first-order chi connectivity index (χ1) is 14.4. The van der Waals surface area contributed by atoms with E-state index in [1.165, 1.54) is 18.2 Å². The van der Waals surface area contributed by atoms with E-state index in [2.05, 4.69) is 21.5 Å². The number of guanidine groups is 1.